The van der Waals surface area contributed by atoms with Crippen LogP contribution >= 0.6 is 0 Å². The molecule has 1 fully saturated rings. The van der Waals surface area contributed by atoms with Gasteiger partial charge in [-0.3, -0.25) is 0 Å². The Balaban J connectivity index is 1.45. The van der Waals surface area contributed by atoms with Crippen LogP contribution in [0.3, 0.4) is 0 Å². The first-order valence-electron chi connectivity index (χ1n) is 15.9. The smallest absolute Gasteiger partial charge is 0.243 e. The number of nitrogens with zero attached hydrogens (tertiary/aromatic N) is 2. The number of sulfonamides is 1. The summed E-state index contributed by atoms with van der Waals surface area (Å²) in [4.78, 5) is 2.54. The Morgan fingerprint density at radius 2 is 1.65 bits per heavy atom. The van der Waals surface area contributed by atoms with Gasteiger partial charge in [0.1, 0.15) is 18.1 Å². The molecule has 0 aliphatic carbocycles. The third kappa shape index (κ3) is 8.20. The number of piperidine rings is 1. The topological polar surface area (TPSA) is 107 Å². The number of methoxy groups -OCH3 is 2. The Labute approximate surface area is 272 Å². The molecule has 0 aromatic heterocycles. The summed E-state index contributed by atoms with van der Waals surface area (Å²) in [7, 11) is -0.500. The van der Waals surface area contributed by atoms with Gasteiger partial charge in [-0.05, 0) is 67.3 Å². The van der Waals surface area contributed by atoms with Crippen LogP contribution in [0.25, 0.3) is 0 Å². The Morgan fingerprint density at radius 1 is 0.913 bits per heavy atom. The maximum atomic E-state index is 14.0. The lowest BCUT2D eigenvalue weighted by Gasteiger charge is -2.43. The van der Waals surface area contributed by atoms with E-state index in [-0.39, 0.29) is 37.1 Å². The molecule has 2 aliphatic heterocycles. The molecule has 0 radical (unpaired) electrons. The summed E-state index contributed by atoms with van der Waals surface area (Å²) in [5.74, 6) is 1.30. The molecule has 3 aromatic carbocycles. The Bertz CT molecular complexity index is 1500. The van der Waals surface area contributed by atoms with Crippen LogP contribution in [-0.4, -0.2) is 96.9 Å². The highest BCUT2D eigenvalue weighted by atomic mass is 32.2. The van der Waals surface area contributed by atoms with Crippen LogP contribution in [0.15, 0.2) is 71.6 Å². The lowest BCUT2D eigenvalue weighted by molar-refractivity contribution is -0.0802. The van der Waals surface area contributed by atoms with E-state index >= 15 is 0 Å². The second-order valence-electron chi connectivity index (χ2n) is 11.8. The van der Waals surface area contributed by atoms with Gasteiger partial charge in [-0.25, -0.2) is 8.42 Å². The van der Waals surface area contributed by atoms with Crippen molar-refractivity contribution in [2.75, 3.05) is 71.7 Å². The Morgan fingerprint density at radius 3 is 2.35 bits per heavy atom. The number of anilines is 1. The third-order valence-corrected chi connectivity index (χ3v) is 10.4. The second-order valence-corrected chi connectivity index (χ2v) is 13.7. The van der Waals surface area contributed by atoms with Gasteiger partial charge in [-0.2, -0.15) is 4.31 Å². The molecule has 46 heavy (non-hydrogen) atoms. The quantitative estimate of drug-likeness (QED) is 0.239. The van der Waals surface area contributed by atoms with E-state index in [1.807, 2.05) is 43.3 Å². The molecule has 11 heteroatoms. The Kier molecular flexibility index (Phi) is 11.9. The molecule has 2 aliphatic rings. The standard InChI is InChI=1S/C35H46N2O8S/c1-26-6-13-30(14-7-26)46(39,40)37-23-33(43-20-5-18-38)35(28-9-11-29(42-3)12-10-28)34(24-37)45-25-27-8-15-32-31(22-27)36(17-21-44-32)16-4-19-41-2/h6-15,22,33-35,38H,4-5,16-21,23-25H2,1-3H3/t33-,34+,35+/m1/s1. The van der Waals surface area contributed by atoms with Crippen molar-refractivity contribution in [3.05, 3.63) is 83.4 Å². The average Bonchev–Trinajstić information content (AvgIpc) is 3.07. The molecule has 0 amide bonds. The van der Waals surface area contributed by atoms with Crippen molar-refractivity contribution in [3.8, 4) is 11.5 Å². The van der Waals surface area contributed by atoms with Crippen molar-refractivity contribution in [2.45, 2.75) is 49.4 Å². The van der Waals surface area contributed by atoms with Crippen molar-refractivity contribution in [2.24, 2.45) is 0 Å². The lowest BCUT2D eigenvalue weighted by Crippen LogP contribution is -2.54. The van der Waals surface area contributed by atoms with Crippen molar-refractivity contribution in [1.29, 1.82) is 0 Å². The van der Waals surface area contributed by atoms with Gasteiger partial charge in [-0.15, -0.1) is 0 Å². The molecular formula is C35H46N2O8S. The van der Waals surface area contributed by atoms with E-state index in [0.717, 1.165) is 53.4 Å². The molecule has 0 saturated carbocycles. The fourth-order valence-electron chi connectivity index (χ4n) is 6.11. The zero-order valence-electron chi connectivity index (χ0n) is 27.0. The van der Waals surface area contributed by atoms with Crippen LogP contribution in [0.4, 0.5) is 5.69 Å². The van der Waals surface area contributed by atoms with E-state index < -0.39 is 22.2 Å². The number of aliphatic hydroxyl groups excluding tert-OH is 1. The zero-order chi connectivity index (χ0) is 32.5. The predicted molar refractivity (Wildman–Crippen MR) is 176 cm³/mol. The molecule has 10 nitrogen and oxygen atoms in total. The molecule has 0 bridgehead atoms. The number of fused-ring (bicyclic) bond motifs is 1. The third-order valence-electron chi connectivity index (χ3n) is 8.59. The number of hydrogen-bond acceptors (Lipinski definition) is 9. The number of hydrogen-bond donors (Lipinski definition) is 1. The minimum atomic E-state index is -3.83. The number of benzene rings is 3. The van der Waals surface area contributed by atoms with Gasteiger partial charge in [0, 0.05) is 52.5 Å². The maximum Gasteiger partial charge on any atom is 0.243 e. The van der Waals surface area contributed by atoms with Crippen LogP contribution in [0.5, 0.6) is 11.5 Å². The Hall–Kier alpha value is -3.19. The van der Waals surface area contributed by atoms with Gasteiger partial charge < -0.3 is 33.7 Å². The summed E-state index contributed by atoms with van der Waals surface area (Å²) in [5, 5.41) is 9.47. The molecule has 1 N–H and O–H groups in total. The molecule has 3 aromatic rings. The monoisotopic (exact) mass is 654 g/mol. The minimum Gasteiger partial charge on any atom is -0.497 e. The number of aryl methyl sites for hydroxylation is 1. The molecule has 0 unspecified atom stereocenters. The van der Waals surface area contributed by atoms with E-state index in [0.29, 0.717) is 26.2 Å². The van der Waals surface area contributed by atoms with Crippen LogP contribution in [0.2, 0.25) is 0 Å². The van der Waals surface area contributed by atoms with E-state index in [1.165, 1.54) is 4.31 Å². The van der Waals surface area contributed by atoms with Crippen molar-refractivity contribution in [3.63, 3.8) is 0 Å². The molecule has 250 valence electrons. The first-order valence-corrected chi connectivity index (χ1v) is 17.3. The first kappa shape index (κ1) is 34.2. The van der Waals surface area contributed by atoms with E-state index in [1.54, 1.807) is 38.5 Å². The van der Waals surface area contributed by atoms with Gasteiger partial charge in [-0.1, -0.05) is 35.9 Å². The van der Waals surface area contributed by atoms with Gasteiger partial charge in [0.05, 0.1) is 43.1 Å². The molecule has 1 saturated heterocycles. The fourth-order valence-corrected chi connectivity index (χ4v) is 7.57. The summed E-state index contributed by atoms with van der Waals surface area (Å²) in [5.41, 5.74) is 3.94. The lowest BCUT2D eigenvalue weighted by atomic mass is 9.85. The van der Waals surface area contributed by atoms with Gasteiger partial charge in [0.2, 0.25) is 10.0 Å². The molecule has 5 rings (SSSR count). The maximum absolute atomic E-state index is 14.0. The predicted octanol–water partition coefficient (Wildman–Crippen LogP) is 4.38. The molecule has 0 spiro atoms. The summed E-state index contributed by atoms with van der Waals surface area (Å²) in [6.45, 7) is 5.76. The summed E-state index contributed by atoms with van der Waals surface area (Å²) < 4.78 is 59.0. The van der Waals surface area contributed by atoms with E-state index in [2.05, 4.69) is 11.0 Å². The highest BCUT2D eigenvalue weighted by molar-refractivity contribution is 7.89. The second kappa shape index (κ2) is 16.1. The van der Waals surface area contributed by atoms with Gasteiger partial charge in [0.15, 0.2) is 0 Å². The van der Waals surface area contributed by atoms with Crippen molar-refractivity contribution >= 4 is 15.7 Å². The van der Waals surface area contributed by atoms with Gasteiger partial charge in [0.25, 0.3) is 0 Å². The summed E-state index contributed by atoms with van der Waals surface area (Å²) >= 11 is 0. The summed E-state index contributed by atoms with van der Waals surface area (Å²) in [6.07, 6.45) is 0.324. The van der Waals surface area contributed by atoms with E-state index in [9.17, 15) is 13.5 Å². The molecule has 2 heterocycles. The first-order chi connectivity index (χ1) is 22.3. The van der Waals surface area contributed by atoms with Crippen LogP contribution < -0.4 is 14.4 Å². The van der Waals surface area contributed by atoms with Crippen LogP contribution in [-0.2, 0) is 30.8 Å². The highest BCUT2D eigenvalue weighted by Gasteiger charge is 2.43. The summed E-state index contributed by atoms with van der Waals surface area (Å²) in [6, 6.07) is 20.7. The molecular weight excluding hydrogens is 608 g/mol. The SMILES string of the molecule is COCCCN1CCOc2ccc(CO[C@H]3CN(S(=O)(=O)c4ccc(C)cc4)C[C@@H](OCCCO)[C@@H]3c3ccc(OC)cc3)cc21. The number of rotatable bonds is 15. The fraction of sp³-hybridized carbons (Fsp3) is 0.486. The highest BCUT2D eigenvalue weighted by Crippen LogP contribution is 2.37. The normalized spacial score (nSPS) is 20.3. The minimum absolute atomic E-state index is 0.0181. The largest absolute Gasteiger partial charge is 0.497 e. The number of aliphatic hydroxyl groups is 1. The average molecular weight is 655 g/mol. The van der Waals surface area contributed by atoms with Crippen molar-refractivity contribution < 1.29 is 37.2 Å². The zero-order valence-corrected chi connectivity index (χ0v) is 27.8. The van der Waals surface area contributed by atoms with Crippen LogP contribution in [0, 0.1) is 6.92 Å². The van der Waals surface area contributed by atoms with E-state index in [4.69, 9.17) is 23.7 Å². The van der Waals surface area contributed by atoms with Crippen molar-refractivity contribution in [1.82, 2.24) is 4.31 Å². The molecule has 3 atom stereocenters. The number of ether oxygens (including phenoxy) is 5. The van der Waals surface area contributed by atoms with Gasteiger partial charge >= 0.3 is 0 Å². The van der Waals surface area contributed by atoms with Crippen LogP contribution in [0.1, 0.15) is 35.4 Å².